The van der Waals surface area contributed by atoms with Crippen molar-refractivity contribution in [3.63, 3.8) is 0 Å². The van der Waals surface area contributed by atoms with E-state index in [0.717, 1.165) is 0 Å². The Labute approximate surface area is 69.5 Å². The Morgan fingerprint density at radius 3 is 1.82 bits per heavy atom. The van der Waals surface area contributed by atoms with Crippen LogP contribution in [-0.2, 0) is 0 Å². The molecule has 0 unspecified atom stereocenters. The minimum atomic E-state index is 0.619. The van der Waals surface area contributed by atoms with Gasteiger partial charge in [0.25, 0.3) is 0 Å². The number of pyridine rings is 1. The summed E-state index contributed by atoms with van der Waals surface area (Å²) in [7, 11) is 0. The molecule has 0 bridgehead atoms. The van der Waals surface area contributed by atoms with Crippen LogP contribution >= 0.6 is 0 Å². The van der Waals surface area contributed by atoms with Crippen LogP contribution in [0.2, 0.25) is 0 Å². The summed E-state index contributed by atoms with van der Waals surface area (Å²) in [5, 5.41) is 0. The van der Waals surface area contributed by atoms with E-state index in [9.17, 15) is 0 Å². The van der Waals surface area contributed by atoms with Crippen molar-refractivity contribution in [1.82, 2.24) is 4.98 Å². The molecule has 1 aromatic rings. The van der Waals surface area contributed by atoms with Gasteiger partial charge in [0.15, 0.2) is 0 Å². The van der Waals surface area contributed by atoms with E-state index in [0.29, 0.717) is 5.92 Å². The van der Waals surface area contributed by atoms with Crippen molar-refractivity contribution in [3.05, 3.63) is 30.1 Å². The van der Waals surface area contributed by atoms with E-state index in [1.54, 1.807) is 0 Å². The Balaban J connectivity index is 0.000000461. The third kappa shape index (κ3) is 3.76. The maximum atomic E-state index is 3.93. The Hall–Kier alpha value is -0.850. The van der Waals surface area contributed by atoms with Gasteiger partial charge in [-0.15, -0.1) is 0 Å². The summed E-state index contributed by atoms with van der Waals surface area (Å²) in [5.74, 6) is 0.619. The van der Waals surface area contributed by atoms with Gasteiger partial charge in [-0.3, -0.25) is 4.98 Å². The number of nitrogens with zero attached hydrogens (tertiary/aromatic N) is 1. The zero-order valence-corrected chi connectivity index (χ0v) is 7.83. The molecule has 0 aliphatic carbocycles. The topological polar surface area (TPSA) is 12.9 Å². The quantitative estimate of drug-likeness (QED) is 0.600. The minimum absolute atomic E-state index is 0.619. The van der Waals surface area contributed by atoms with E-state index in [2.05, 4.69) is 18.8 Å². The van der Waals surface area contributed by atoms with Gasteiger partial charge < -0.3 is 0 Å². The SMILES string of the molecule is CC.CC(C)c1ccncc1. The largest absolute Gasteiger partial charge is 0.265 e. The van der Waals surface area contributed by atoms with Crippen LogP contribution in [0.5, 0.6) is 0 Å². The molecule has 0 fully saturated rings. The van der Waals surface area contributed by atoms with Crippen molar-refractivity contribution < 1.29 is 0 Å². The van der Waals surface area contributed by atoms with Gasteiger partial charge in [-0.25, -0.2) is 0 Å². The number of hydrogen-bond acceptors (Lipinski definition) is 1. The predicted octanol–water partition coefficient (Wildman–Crippen LogP) is 3.23. The second-order valence-corrected chi connectivity index (χ2v) is 2.44. The predicted molar refractivity (Wildman–Crippen MR) is 49.7 cm³/mol. The first kappa shape index (κ1) is 10.2. The molecule has 0 aliphatic rings. The van der Waals surface area contributed by atoms with Crippen LogP contribution in [0.1, 0.15) is 39.2 Å². The molecule has 1 nitrogen and oxygen atoms in total. The molecule has 0 saturated heterocycles. The third-order valence-electron chi connectivity index (χ3n) is 1.37. The maximum absolute atomic E-state index is 3.93. The molecular formula is C10H17N. The molecule has 11 heavy (non-hydrogen) atoms. The van der Waals surface area contributed by atoms with Gasteiger partial charge in [0.05, 0.1) is 0 Å². The highest BCUT2D eigenvalue weighted by atomic mass is 14.6. The van der Waals surface area contributed by atoms with Gasteiger partial charge in [0.2, 0.25) is 0 Å². The highest BCUT2D eigenvalue weighted by Gasteiger charge is 1.93. The molecular weight excluding hydrogens is 134 g/mol. The number of rotatable bonds is 1. The van der Waals surface area contributed by atoms with Crippen molar-refractivity contribution in [2.24, 2.45) is 0 Å². The first-order chi connectivity index (χ1) is 5.30. The normalized spacial score (nSPS) is 8.82. The first-order valence-electron chi connectivity index (χ1n) is 4.20. The van der Waals surface area contributed by atoms with Gasteiger partial charge in [-0.05, 0) is 23.6 Å². The van der Waals surface area contributed by atoms with Crippen LogP contribution in [0.25, 0.3) is 0 Å². The van der Waals surface area contributed by atoms with Crippen LogP contribution in [0.3, 0.4) is 0 Å². The molecule has 0 aliphatic heterocycles. The average Bonchev–Trinajstić information content (AvgIpc) is 2.10. The molecule has 1 rings (SSSR count). The molecule has 0 radical (unpaired) electrons. The van der Waals surface area contributed by atoms with Crippen molar-refractivity contribution in [1.29, 1.82) is 0 Å². The fourth-order valence-corrected chi connectivity index (χ4v) is 0.748. The van der Waals surface area contributed by atoms with Crippen molar-refractivity contribution >= 4 is 0 Å². The molecule has 0 atom stereocenters. The number of aromatic nitrogens is 1. The van der Waals surface area contributed by atoms with Gasteiger partial charge in [-0.2, -0.15) is 0 Å². The summed E-state index contributed by atoms with van der Waals surface area (Å²) in [4.78, 5) is 3.93. The lowest BCUT2D eigenvalue weighted by Gasteiger charge is -2.01. The zero-order chi connectivity index (χ0) is 8.69. The van der Waals surface area contributed by atoms with Crippen LogP contribution < -0.4 is 0 Å². The van der Waals surface area contributed by atoms with E-state index in [-0.39, 0.29) is 0 Å². The van der Waals surface area contributed by atoms with Crippen LogP contribution in [0.15, 0.2) is 24.5 Å². The zero-order valence-electron chi connectivity index (χ0n) is 7.83. The number of hydrogen-bond donors (Lipinski definition) is 0. The van der Waals surface area contributed by atoms with E-state index in [4.69, 9.17) is 0 Å². The van der Waals surface area contributed by atoms with Gasteiger partial charge in [0.1, 0.15) is 0 Å². The van der Waals surface area contributed by atoms with Crippen molar-refractivity contribution in [3.8, 4) is 0 Å². The fraction of sp³-hybridized carbons (Fsp3) is 0.500. The molecule has 0 aromatic carbocycles. The Morgan fingerprint density at radius 1 is 1.09 bits per heavy atom. The van der Waals surface area contributed by atoms with E-state index in [1.165, 1.54) is 5.56 Å². The molecule has 0 N–H and O–H groups in total. The highest BCUT2D eigenvalue weighted by molar-refractivity contribution is 5.13. The van der Waals surface area contributed by atoms with Crippen LogP contribution in [0, 0.1) is 0 Å². The van der Waals surface area contributed by atoms with Gasteiger partial charge in [-0.1, -0.05) is 27.7 Å². The van der Waals surface area contributed by atoms with E-state index in [1.807, 2.05) is 38.4 Å². The molecule has 0 spiro atoms. The van der Waals surface area contributed by atoms with Gasteiger partial charge in [0, 0.05) is 12.4 Å². The summed E-state index contributed by atoms with van der Waals surface area (Å²) in [6, 6.07) is 4.09. The standard InChI is InChI=1S/C8H11N.C2H6/c1-7(2)8-3-5-9-6-4-8;1-2/h3-7H,1-2H3;1-2H3. The molecule has 62 valence electrons. The summed E-state index contributed by atoms with van der Waals surface area (Å²) < 4.78 is 0. The first-order valence-corrected chi connectivity index (χ1v) is 4.20. The fourth-order valence-electron chi connectivity index (χ4n) is 0.748. The second-order valence-electron chi connectivity index (χ2n) is 2.44. The average molecular weight is 151 g/mol. The summed E-state index contributed by atoms with van der Waals surface area (Å²) in [6.07, 6.45) is 3.66. The highest BCUT2D eigenvalue weighted by Crippen LogP contribution is 2.10. The maximum Gasteiger partial charge on any atom is 0.0270 e. The lowest BCUT2D eigenvalue weighted by molar-refractivity contribution is 0.863. The smallest absolute Gasteiger partial charge is 0.0270 e. The lowest BCUT2D eigenvalue weighted by atomic mass is 10.1. The van der Waals surface area contributed by atoms with Crippen molar-refractivity contribution in [2.75, 3.05) is 0 Å². The Bertz CT molecular complexity index is 167. The summed E-state index contributed by atoms with van der Waals surface area (Å²) in [6.45, 7) is 8.35. The van der Waals surface area contributed by atoms with Crippen molar-refractivity contribution in [2.45, 2.75) is 33.6 Å². The summed E-state index contributed by atoms with van der Waals surface area (Å²) in [5.41, 5.74) is 1.35. The summed E-state index contributed by atoms with van der Waals surface area (Å²) >= 11 is 0. The third-order valence-corrected chi connectivity index (χ3v) is 1.37. The monoisotopic (exact) mass is 151 g/mol. The lowest BCUT2D eigenvalue weighted by Crippen LogP contribution is -1.85. The van der Waals surface area contributed by atoms with Crippen LogP contribution in [0.4, 0.5) is 0 Å². The molecule has 0 amide bonds. The second kappa shape index (κ2) is 5.90. The Kier molecular flexibility index (Phi) is 5.44. The molecule has 1 heteroatoms. The van der Waals surface area contributed by atoms with Crippen LogP contribution in [-0.4, -0.2) is 4.98 Å². The van der Waals surface area contributed by atoms with Gasteiger partial charge >= 0.3 is 0 Å². The van der Waals surface area contributed by atoms with E-state index < -0.39 is 0 Å². The molecule has 1 heterocycles. The van der Waals surface area contributed by atoms with E-state index >= 15 is 0 Å². The Morgan fingerprint density at radius 2 is 1.55 bits per heavy atom. The molecule has 0 saturated carbocycles. The minimum Gasteiger partial charge on any atom is -0.265 e. The molecule has 1 aromatic heterocycles.